The lowest BCUT2D eigenvalue weighted by Crippen LogP contribution is -2.29. The molecule has 0 saturated carbocycles. The van der Waals surface area contributed by atoms with Gasteiger partial charge in [0.2, 0.25) is 0 Å². The summed E-state index contributed by atoms with van der Waals surface area (Å²) in [4.78, 5) is 28.0. The molecule has 0 aliphatic rings. The number of aromatic nitrogens is 1. The molecular formula is C11H12N4O2S2. The molecule has 0 aliphatic carbocycles. The number of thiazole rings is 1. The van der Waals surface area contributed by atoms with Crippen LogP contribution in [0, 0.1) is 0 Å². The Kier molecular flexibility index (Phi) is 4.61. The van der Waals surface area contributed by atoms with E-state index in [9.17, 15) is 9.59 Å². The van der Waals surface area contributed by atoms with Gasteiger partial charge in [-0.3, -0.25) is 14.9 Å². The number of nitrogens with two attached hydrogens (primary N) is 1. The molecule has 4 N–H and O–H groups in total. The lowest BCUT2D eigenvalue weighted by molar-refractivity contribution is 0.0949. The van der Waals surface area contributed by atoms with Crippen LogP contribution >= 0.6 is 22.7 Å². The summed E-state index contributed by atoms with van der Waals surface area (Å²) >= 11 is 2.55. The number of thiophene rings is 1. The van der Waals surface area contributed by atoms with Crippen LogP contribution in [0.4, 0.5) is 5.13 Å². The first-order chi connectivity index (χ1) is 9.20. The van der Waals surface area contributed by atoms with Gasteiger partial charge < -0.3 is 11.1 Å². The fraction of sp³-hybridized carbons (Fsp3) is 0.182. The van der Waals surface area contributed by atoms with E-state index in [1.807, 2.05) is 5.38 Å². The van der Waals surface area contributed by atoms with E-state index in [4.69, 9.17) is 5.73 Å². The van der Waals surface area contributed by atoms with Crippen molar-refractivity contribution in [2.75, 3.05) is 18.4 Å². The Morgan fingerprint density at radius 2 is 2.16 bits per heavy atom. The average Bonchev–Trinajstić information content (AvgIpc) is 3.06. The summed E-state index contributed by atoms with van der Waals surface area (Å²) in [5.74, 6) is -0.517. The molecule has 8 heteroatoms. The minimum absolute atomic E-state index is 0.224. The van der Waals surface area contributed by atoms with Crippen LogP contribution in [-0.4, -0.2) is 29.9 Å². The number of carbonyl (C=O) groups excluding carboxylic acids is 2. The molecule has 2 rings (SSSR count). The first-order valence-corrected chi connectivity index (χ1v) is 7.25. The van der Waals surface area contributed by atoms with Gasteiger partial charge >= 0.3 is 0 Å². The summed E-state index contributed by atoms with van der Waals surface area (Å²) in [6.07, 6.45) is 0. The molecule has 6 nitrogen and oxygen atoms in total. The topological polar surface area (TPSA) is 97.1 Å². The summed E-state index contributed by atoms with van der Waals surface area (Å²) in [6, 6.07) is 3.52. The Labute approximate surface area is 117 Å². The lowest BCUT2D eigenvalue weighted by Gasteiger charge is -1.99. The van der Waals surface area contributed by atoms with Gasteiger partial charge in [-0.1, -0.05) is 6.07 Å². The number of nitrogens with one attached hydrogen (secondary N) is 2. The van der Waals surface area contributed by atoms with Crippen LogP contribution in [0.15, 0.2) is 22.9 Å². The van der Waals surface area contributed by atoms with Gasteiger partial charge in [0.25, 0.3) is 11.8 Å². The normalized spacial score (nSPS) is 10.2. The maximum Gasteiger partial charge on any atom is 0.270 e. The van der Waals surface area contributed by atoms with Gasteiger partial charge in [-0.05, 0) is 11.4 Å². The first kappa shape index (κ1) is 13.7. The van der Waals surface area contributed by atoms with Crippen molar-refractivity contribution < 1.29 is 9.59 Å². The SMILES string of the molecule is NCCNC(=O)c1csc(NC(=O)c2cccs2)n1. The van der Waals surface area contributed by atoms with Crippen molar-refractivity contribution in [3.8, 4) is 0 Å². The zero-order chi connectivity index (χ0) is 13.7. The molecule has 2 heterocycles. The predicted molar refractivity (Wildman–Crippen MR) is 75.8 cm³/mol. The molecule has 0 bridgehead atoms. The van der Waals surface area contributed by atoms with E-state index in [1.165, 1.54) is 22.7 Å². The van der Waals surface area contributed by atoms with Gasteiger partial charge in [-0.15, -0.1) is 22.7 Å². The third-order valence-electron chi connectivity index (χ3n) is 2.13. The van der Waals surface area contributed by atoms with E-state index in [-0.39, 0.29) is 17.5 Å². The third-order valence-corrected chi connectivity index (χ3v) is 3.76. The van der Waals surface area contributed by atoms with E-state index in [0.29, 0.717) is 23.1 Å². The van der Waals surface area contributed by atoms with Gasteiger partial charge in [-0.25, -0.2) is 4.98 Å². The highest BCUT2D eigenvalue weighted by Gasteiger charge is 2.13. The molecule has 0 fully saturated rings. The third kappa shape index (κ3) is 3.60. The van der Waals surface area contributed by atoms with E-state index in [2.05, 4.69) is 15.6 Å². The Hall–Kier alpha value is -1.77. The van der Waals surface area contributed by atoms with E-state index < -0.39 is 0 Å². The Balaban J connectivity index is 1.97. The number of hydrogen-bond donors (Lipinski definition) is 3. The van der Waals surface area contributed by atoms with Crippen molar-refractivity contribution >= 4 is 39.6 Å². The second-order valence-corrected chi connectivity index (χ2v) is 5.32. The van der Waals surface area contributed by atoms with Crippen LogP contribution < -0.4 is 16.4 Å². The average molecular weight is 296 g/mol. The zero-order valence-corrected chi connectivity index (χ0v) is 11.5. The smallest absolute Gasteiger partial charge is 0.270 e. The fourth-order valence-corrected chi connectivity index (χ4v) is 2.58. The number of hydrogen-bond acceptors (Lipinski definition) is 6. The number of nitrogens with zero attached hydrogens (tertiary/aromatic N) is 1. The molecule has 0 aliphatic heterocycles. The summed E-state index contributed by atoms with van der Waals surface area (Å²) in [5, 5.41) is 9.08. The van der Waals surface area contributed by atoms with E-state index in [1.54, 1.807) is 17.5 Å². The van der Waals surface area contributed by atoms with Crippen LogP contribution in [0.5, 0.6) is 0 Å². The summed E-state index contributed by atoms with van der Waals surface area (Å²) in [7, 11) is 0. The van der Waals surface area contributed by atoms with Crippen molar-refractivity contribution in [3.63, 3.8) is 0 Å². The Morgan fingerprint density at radius 1 is 1.32 bits per heavy atom. The first-order valence-electron chi connectivity index (χ1n) is 5.49. The highest BCUT2D eigenvalue weighted by Crippen LogP contribution is 2.17. The largest absolute Gasteiger partial charge is 0.349 e. The molecular weight excluding hydrogens is 284 g/mol. The number of anilines is 1. The highest BCUT2D eigenvalue weighted by molar-refractivity contribution is 7.14. The van der Waals surface area contributed by atoms with Gasteiger partial charge in [-0.2, -0.15) is 0 Å². The molecule has 19 heavy (non-hydrogen) atoms. The van der Waals surface area contributed by atoms with Crippen molar-refractivity contribution in [2.45, 2.75) is 0 Å². The van der Waals surface area contributed by atoms with E-state index in [0.717, 1.165) is 0 Å². The van der Waals surface area contributed by atoms with Gasteiger partial charge in [0, 0.05) is 18.5 Å². The van der Waals surface area contributed by atoms with Crippen molar-refractivity contribution in [1.82, 2.24) is 10.3 Å². The van der Waals surface area contributed by atoms with Crippen molar-refractivity contribution in [2.24, 2.45) is 5.73 Å². The van der Waals surface area contributed by atoms with Crippen molar-refractivity contribution in [3.05, 3.63) is 33.5 Å². The van der Waals surface area contributed by atoms with Crippen LogP contribution in [0.3, 0.4) is 0 Å². The molecule has 0 radical (unpaired) electrons. The minimum atomic E-state index is -0.293. The molecule has 100 valence electrons. The lowest BCUT2D eigenvalue weighted by atomic mass is 10.4. The number of rotatable bonds is 5. The standard InChI is InChI=1S/C11H12N4O2S2/c12-3-4-13-9(16)7-6-19-11(14-7)15-10(17)8-2-1-5-18-8/h1-2,5-6H,3-4,12H2,(H,13,16)(H,14,15,17). The zero-order valence-electron chi connectivity index (χ0n) is 9.88. The van der Waals surface area contributed by atoms with Crippen LogP contribution in [-0.2, 0) is 0 Å². The summed E-state index contributed by atoms with van der Waals surface area (Å²) < 4.78 is 0. The summed E-state index contributed by atoms with van der Waals surface area (Å²) in [5.41, 5.74) is 5.57. The number of amides is 2. The maximum atomic E-state index is 11.8. The molecule has 0 unspecified atom stereocenters. The molecule has 2 aromatic rings. The number of carbonyl (C=O) groups is 2. The van der Waals surface area contributed by atoms with Crippen LogP contribution in [0.25, 0.3) is 0 Å². The predicted octanol–water partition coefficient (Wildman–Crippen LogP) is 1.15. The van der Waals surface area contributed by atoms with Gasteiger partial charge in [0.05, 0.1) is 4.88 Å². The molecule has 2 amide bonds. The molecule has 2 aromatic heterocycles. The minimum Gasteiger partial charge on any atom is -0.349 e. The van der Waals surface area contributed by atoms with Crippen LogP contribution in [0.1, 0.15) is 20.2 Å². The maximum absolute atomic E-state index is 11.8. The molecule has 0 atom stereocenters. The Morgan fingerprint density at radius 3 is 2.84 bits per heavy atom. The second kappa shape index (κ2) is 6.41. The monoisotopic (exact) mass is 296 g/mol. The quantitative estimate of drug-likeness (QED) is 0.771. The molecule has 0 spiro atoms. The molecule has 0 aromatic carbocycles. The van der Waals surface area contributed by atoms with Crippen LogP contribution in [0.2, 0.25) is 0 Å². The Bertz CT molecular complexity index is 565. The summed E-state index contributed by atoms with van der Waals surface area (Å²) in [6.45, 7) is 0.769. The fourth-order valence-electron chi connectivity index (χ4n) is 1.28. The highest BCUT2D eigenvalue weighted by atomic mass is 32.1. The van der Waals surface area contributed by atoms with E-state index >= 15 is 0 Å². The van der Waals surface area contributed by atoms with Gasteiger partial charge in [0.15, 0.2) is 5.13 Å². The van der Waals surface area contributed by atoms with Gasteiger partial charge in [0.1, 0.15) is 5.69 Å². The molecule has 0 saturated heterocycles. The van der Waals surface area contributed by atoms with Crippen molar-refractivity contribution in [1.29, 1.82) is 0 Å². The second-order valence-electron chi connectivity index (χ2n) is 3.51.